The Balaban J connectivity index is 1.52. The normalized spacial score (nSPS) is 16.5. The topological polar surface area (TPSA) is 108 Å². The summed E-state index contributed by atoms with van der Waals surface area (Å²) in [7, 11) is 0. The van der Waals surface area contributed by atoms with E-state index < -0.39 is 12.0 Å². The maximum absolute atomic E-state index is 12.4. The lowest BCUT2D eigenvalue weighted by Crippen LogP contribution is -2.36. The fourth-order valence-corrected chi connectivity index (χ4v) is 3.53. The van der Waals surface area contributed by atoms with Gasteiger partial charge in [0.2, 0.25) is 11.8 Å². The number of rotatable bonds is 9. The summed E-state index contributed by atoms with van der Waals surface area (Å²) in [6.07, 6.45) is 0.309. The van der Waals surface area contributed by atoms with E-state index in [2.05, 4.69) is 10.6 Å². The van der Waals surface area contributed by atoms with Crippen molar-refractivity contribution in [2.75, 3.05) is 29.9 Å². The predicted molar refractivity (Wildman–Crippen MR) is 122 cm³/mol. The zero-order valence-electron chi connectivity index (χ0n) is 18.3. The lowest BCUT2D eigenvalue weighted by atomic mass is 10.1. The number of aliphatic hydroxyl groups is 1. The molecule has 0 unspecified atom stereocenters. The maximum atomic E-state index is 12.4. The zero-order chi connectivity index (χ0) is 23.1. The number of hydrogen-bond acceptors (Lipinski definition) is 5. The van der Waals surface area contributed by atoms with Crippen LogP contribution in [0.2, 0.25) is 0 Å². The van der Waals surface area contributed by atoms with Crippen LogP contribution in [0.5, 0.6) is 5.75 Å². The molecule has 0 radical (unpaired) electrons. The summed E-state index contributed by atoms with van der Waals surface area (Å²) in [6.45, 7) is 3.92. The van der Waals surface area contributed by atoms with E-state index in [4.69, 9.17) is 4.74 Å². The molecule has 3 rings (SSSR count). The number of aryl methyl sites for hydroxylation is 1. The van der Waals surface area contributed by atoms with E-state index >= 15 is 0 Å². The Morgan fingerprint density at radius 3 is 2.59 bits per heavy atom. The highest BCUT2D eigenvalue weighted by Gasteiger charge is 2.35. The Kier molecular flexibility index (Phi) is 7.83. The largest absolute Gasteiger partial charge is 0.484 e. The molecule has 170 valence electrons. The molecule has 0 aliphatic carbocycles. The average molecular weight is 440 g/mol. The monoisotopic (exact) mass is 439 g/mol. The summed E-state index contributed by atoms with van der Waals surface area (Å²) in [6, 6.07) is 14.5. The average Bonchev–Trinajstić information content (AvgIpc) is 3.18. The number of aliphatic hydroxyl groups excluding tert-OH is 1. The van der Waals surface area contributed by atoms with E-state index in [1.807, 2.05) is 31.2 Å². The van der Waals surface area contributed by atoms with Gasteiger partial charge < -0.3 is 25.4 Å². The van der Waals surface area contributed by atoms with Gasteiger partial charge >= 0.3 is 0 Å². The first-order valence-electron chi connectivity index (χ1n) is 10.7. The van der Waals surface area contributed by atoms with Gasteiger partial charge in [0.25, 0.3) is 5.91 Å². The van der Waals surface area contributed by atoms with Gasteiger partial charge in [0.15, 0.2) is 6.61 Å². The third-order valence-electron chi connectivity index (χ3n) is 5.26. The molecule has 3 amide bonds. The summed E-state index contributed by atoms with van der Waals surface area (Å²) in [5.41, 5.74) is 2.49. The van der Waals surface area contributed by atoms with Gasteiger partial charge in [-0.15, -0.1) is 0 Å². The van der Waals surface area contributed by atoms with Crippen LogP contribution in [-0.4, -0.2) is 48.6 Å². The van der Waals surface area contributed by atoms with Crippen LogP contribution in [0, 0.1) is 5.92 Å². The minimum atomic E-state index is -0.636. The van der Waals surface area contributed by atoms with Crippen molar-refractivity contribution in [3.05, 3.63) is 54.1 Å². The third-order valence-corrected chi connectivity index (χ3v) is 5.26. The zero-order valence-corrected chi connectivity index (χ0v) is 18.3. The van der Waals surface area contributed by atoms with E-state index in [-0.39, 0.29) is 43.8 Å². The van der Waals surface area contributed by atoms with Crippen LogP contribution in [-0.2, 0) is 20.8 Å². The number of hydrogen-bond donors (Lipinski definition) is 3. The summed E-state index contributed by atoms with van der Waals surface area (Å²) in [4.78, 5) is 38.3. The fourth-order valence-electron chi connectivity index (χ4n) is 3.53. The molecular formula is C24H29N3O5. The second-order valence-electron chi connectivity index (χ2n) is 7.84. The van der Waals surface area contributed by atoms with Gasteiger partial charge in [-0.2, -0.15) is 0 Å². The predicted octanol–water partition coefficient (Wildman–Crippen LogP) is 2.12. The minimum absolute atomic E-state index is 0.128. The van der Waals surface area contributed by atoms with Crippen molar-refractivity contribution >= 4 is 29.1 Å². The Morgan fingerprint density at radius 1 is 1.19 bits per heavy atom. The lowest BCUT2D eigenvalue weighted by Gasteiger charge is -2.17. The van der Waals surface area contributed by atoms with Gasteiger partial charge in [0.05, 0.1) is 12.0 Å². The van der Waals surface area contributed by atoms with Crippen LogP contribution < -0.4 is 20.3 Å². The van der Waals surface area contributed by atoms with E-state index in [1.165, 1.54) is 0 Å². The van der Waals surface area contributed by atoms with Gasteiger partial charge in [-0.1, -0.05) is 25.1 Å². The first-order chi connectivity index (χ1) is 15.4. The van der Waals surface area contributed by atoms with Crippen molar-refractivity contribution < 1.29 is 24.2 Å². The van der Waals surface area contributed by atoms with Crippen LogP contribution in [0.1, 0.15) is 25.8 Å². The van der Waals surface area contributed by atoms with Crippen molar-refractivity contribution in [3.8, 4) is 5.75 Å². The number of nitrogens with one attached hydrogen (secondary N) is 2. The molecule has 2 aromatic carbocycles. The van der Waals surface area contributed by atoms with Crippen LogP contribution >= 0.6 is 0 Å². The highest BCUT2D eigenvalue weighted by atomic mass is 16.5. The van der Waals surface area contributed by atoms with Crippen molar-refractivity contribution in [1.29, 1.82) is 0 Å². The van der Waals surface area contributed by atoms with Crippen molar-refractivity contribution in [3.63, 3.8) is 0 Å². The van der Waals surface area contributed by atoms with Gasteiger partial charge in [0, 0.05) is 30.9 Å². The minimum Gasteiger partial charge on any atom is -0.484 e. The molecule has 3 N–H and O–H groups in total. The number of amides is 3. The molecular weight excluding hydrogens is 410 g/mol. The highest BCUT2D eigenvalue weighted by molar-refractivity contribution is 6.00. The molecule has 0 spiro atoms. The van der Waals surface area contributed by atoms with Gasteiger partial charge in [-0.3, -0.25) is 14.4 Å². The fraction of sp³-hybridized carbons (Fsp3) is 0.375. The molecule has 1 aliphatic rings. The Bertz CT molecular complexity index is 958. The standard InChI is InChI=1S/C24H29N3O5/c1-3-17-6-4-5-7-21(17)26-22(29)15-32-20-10-8-19(9-11-20)27-14-18(12-23(27)30)24(31)25-13-16(2)28/h4-11,16,18,28H,3,12-15H2,1-2H3,(H,25,31)(H,26,29)/t16-,18+/m1/s1. The van der Waals surface area contributed by atoms with E-state index in [0.29, 0.717) is 11.4 Å². The van der Waals surface area contributed by atoms with Crippen molar-refractivity contribution in [2.45, 2.75) is 32.8 Å². The van der Waals surface area contributed by atoms with Crippen molar-refractivity contribution in [2.24, 2.45) is 5.92 Å². The molecule has 0 bridgehead atoms. The molecule has 1 fully saturated rings. The first kappa shape index (κ1) is 23.3. The summed E-state index contributed by atoms with van der Waals surface area (Å²) in [5, 5.41) is 14.8. The molecule has 1 aliphatic heterocycles. The summed E-state index contributed by atoms with van der Waals surface area (Å²) >= 11 is 0. The number of benzene rings is 2. The molecule has 0 aromatic heterocycles. The Labute approximate surface area is 187 Å². The van der Waals surface area contributed by atoms with Gasteiger partial charge in [-0.25, -0.2) is 0 Å². The second kappa shape index (κ2) is 10.8. The number of carbonyl (C=O) groups is 3. The van der Waals surface area contributed by atoms with Gasteiger partial charge in [0.1, 0.15) is 5.75 Å². The van der Waals surface area contributed by atoms with Crippen LogP contribution in [0.25, 0.3) is 0 Å². The summed E-state index contributed by atoms with van der Waals surface area (Å²) in [5.74, 6) is -0.574. The highest BCUT2D eigenvalue weighted by Crippen LogP contribution is 2.27. The molecule has 8 nitrogen and oxygen atoms in total. The number of para-hydroxylation sites is 1. The first-order valence-corrected chi connectivity index (χ1v) is 10.7. The third kappa shape index (κ3) is 6.07. The van der Waals surface area contributed by atoms with Crippen molar-refractivity contribution in [1.82, 2.24) is 5.32 Å². The quantitative estimate of drug-likeness (QED) is 0.555. The molecule has 0 saturated carbocycles. The summed E-state index contributed by atoms with van der Waals surface area (Å²) < 4.78 is 5.57. The number of anilines is 2. The van der Waals surface area contributed by atoms with E-state index in [1.54, 1.807) is 36.1 Å². The molecule has 1 saturated heterocycles. The second-order valence-corrected chi connectivity index (χ2v) is 7.84. The van der Waals surface area contributed by atoms with E-state index in [9.17, 15) is 19.5 Å². The Hall–Kier alpha value is -3.39. The Morgan fingerprint density at radius 2 is 1.91 bits per heavy atom. The molecule has 1 heterocycles. The SMILES string of the molecule is CCc1ccccc1NC(=O)COc1ccc(N2C[C@@H](C(=O)NC[C@@H](C)O)CC2=O)cc1. The molecule has 32 heavy (non-hydrogen) atoms. The van der Waals surface area contributed by atoms with Crippen LogP contribution in [0.3, 0.4) is 0 Å². The number of carbonyl (C=O) groups excluding carboxylic acids is 3. The van der Waals surface area contributed by atoms with E-state index in [0.717, 1.165) is 17.7 Å². The number of nitrogens with zero attached hydrogens (tertiary/aromatic N) is 1. The maximum Gasteiger partial charge on any atom is 0.262 e. The lowest BCUT2D eigenvalue weighted by molar-refractivity contribution is -0.126. The van der Waals surface area contributed by atoms with Gasteiger partial charge in [-0.05, 0) is 49.2 Å². The number of ether oxygens (including phenoxy) is 1. The molecule has 8 heteroatoms. The molecule has 2 atom stereocenters. The smallest absolute Gasteiger partial charge is 0.262 e. The van der Waals surface area contributed by atoms with Crippen LogP contribution in [0.4, 0.5) is 11.4 Å². The van der Waals surface area contributed by atoms with Crippen LogP contribution in [0.15, 0.2) is 48.5 Å². The molecule has 2 aromatic rings.